The highest BCUT2D eigenvalue weighted by Gasteiger charge is 2.16. The number of ketones is 1. The first-order chi connectivity index (χ1) is 12.4. The zero-order valence-corrected chi connectivity index (χ0v) is 16.3. The molecule has 0 aliphatic heterocycles. The van der Waals surface area contributed by atoms with Gasteiger partial charge in [-0.1, -0.05) is 64.3 Å². The summed E-state index contributed by atoms with van der Waals surface area (Å²) in [4.78, 5) is 28.4. The number of benzene rings is 2. The van der Waals surface area contributed by atoms with Crippen molar-refractivity contribution in [3.8, 4) is 5.69 Å². The molecule has 1 aromatic heterocycles. The van der Waals surface area contributed by atoms with Crippen molar-refractivity contribution >= 4 is 57.8 Å². The summed E-state index contributed by atoms with van der Waals surface area (Å²) in [6.07, 6.45) is 0. The zero-order valence-electron chi connectivity index (χ0n) is 13.2. The summed E-state index contributed by atoms with van der Waals surface area (Å²) in [5.74, 6) is -0.720. The molecule has 2 aromatic carbocycles. The maximum absolute atomic E-state index is 12.4. The van der Waals surface area contributed by atoms with Crippen LogP contribution in [-0.4, -0.2) is 21.5 Å². The maximum atomic E-state index is 12.4. The molecule has 26 heavy (non-hydrogen) atoms. The topological polar surface area (TPSA) is 64.3 Å². The van der Waals surface area contributed by atoms with Gasteiger partial charge in [0.05, 0.1) is 20.8 Å². The summed E-state index contributed by atoms with van der Waals surface area (Å²) in [5, 5.41) is 5.20. The van der Waals surface area contributed by atoms with E-state index in [-0.39, 0.29) is 30.7 Å². The van der Waals surface area contributed by atoms with E-state index in [1.165, 1.54) is 23.7 Å². The molecular weight excluding hydrogens is 417 g/mol. The minimum atomic E-state index is -0.464. The van der Waals surface area contributed by atoms with E-state index in [1.54, 1.807) is 30.3 Å². The SMILES string of the molecule is CC(=O)c1nn(-c2cc(Cl)c(Cl)cc2Cl)c(=NC(=O)c2ccccc2)s1. The Bertz CT molecular complexity index is 1070. The highest BCUT2D eigenvalue weighted by molar-refractivity contribution is 7.11. The quantitative estimate of drug-likeness (QED) is 0.445. The van der Waals surface area contributed by atoms with Gasteiger partial charge in [-0.3, -0.25) is 9.59 Å². The van der Waals surface area contributed by atoms with E-state index in [2.05, 4.69) is 10.1 Å². The van der Waals surface area contributed by atoms with Gasteiger partial charge in [0.25, 0.3) is 5.91 Å². The molecule has 1 heterocycles. The Hall–Kier alpha value is -1.99. The van der Waals surface area contributed by atoms with Crippen molar-refractivity contribution in [2.45, 2.75) is 6.92 Å². The lowest BCUT2D eigenvalue weighted by Crippen LogP contribution is -2.17. The van der Waals surface area contributed by atoms with Gasteiger partial charge in [0, 0.05) is 12.5 Å². The molecule has 3 aromatic rings. The van der Waals surface area contributed by atoms with Crippen molar-refractivity contribution < 1.29 is 9.59 Å². The van der Waals surface area contributed by atoms with Crippen LogP contribution in [0.25, 0.3) is 5.69 Å². The fourth-order valence-corrected chi connectivity index (χ4v) is 3.47. The zero-order chi connectivity index (χ0) is 18.8. The van der Waals surface area contributed by atoms with E-state index in [0.717, 1.165) is 11.3 Å². The number of nitrogens with zero attached hydrogens (tertiary/aromatic N) is 3. The van der Waals surface area contributed by atoms with Gasteiger partial charge in [-0.25, -0.2) is 4.68 Å². The van der Waals surface area contributed by atoms with Crippen molar-refractivity contribution in [3.63, 3.8) is 0 Å². The van der Waals surface area contributed by atoms with E-state index in [9.17, 15) is 9.59 Å². The molecule has 0 aliphatic carbocycles. The molecule has 0 radical (unpaired) electrons. The minimum Gasteiger partial charge on any atom is -0.292 e. The lowest BCUT2D eigenvalue weighted by molar-refractivity contribution is 0.0994. The molecule has 0 saturated carbocycles. The summed E-state index contributed by atoms with van der Waals surface area (Å²) in [5.41, 5.74) is 0.779. The van der Waals surface area contributed by atoms with E-state index < -0.39 is 5.91 Å². The highest BCUT2D eigenvalue weighted by Crippen LogP contribution is 2.30. The van der Waals surface area contributed by atoms with Gasteiger partial charge in [0.15, 0.2) is 10.8 Å². The molecule has 0 aliphatic rings. The second kappa shape index (κ2) is 7.72. The summed E-state index contributed by atoms with van der Waals surface area (Å²) >= 11 is 19.2. The lowest BCUT2D eigenvalue weighted by Gasteiger charge is -2.06. The van der Waals surface area contributed by atoms with Gasteiger partial charge in [0.2, 0.25) is 4.80 Å². The average molecular weight is 427 g/mol. The van der Waals surface area contributed by atoms with Gasteiger partial charge >= 0.3 is 0 Å². The molecule has 0 fully saturated rings. The van der Waals surface area contributed by atoms with Crippen LogP contribution >= 0.6 is 46.1 Å². The van der Waals surface area contributed by atoms with Crippen LogP contribution in [0.1, 0.15) is 27.1 Å². The third-order valence-corrected chi connectivity index (χ3v) is 5.33. The van der Waals surface area contributed by atoms with Crippen molar-refractivity contribution in [1.82, 2.24) is 9.78 Å². The molecular formula is C17H10Cl3N3O2S. The number of rotatable bonds is 3. The van der Waals surface area contributed by atoms with Crippen LogP contribution in [0, 0.1) is 0 Å². The van der Waals surface area contributed by atoms with Crippen LogP contribution in [0.15, 0.2) is 47.5 Å². The van der Waals surface area contributed by atoms with Crippen LogP contribution in [0.3, 0.4) is 0 Å². The van der Waals surface area contributed by atoms with Gasteiger partial charge in [-0.05, 0) is 24.3 Å². The molecule has 0 bridgehead atoms. The van der Waals surface area contributed by atoms with Gasteiger partial charge in [-0.2, -0.15) is 10.1 Å². The standard InChI is InChI=1S/C17H10Cl3N3O2S/c1-9(24)16-22-23(14-8-12(19)11(18)7-13(14)20)17(26-16)21-15(25)10-5-3-2-4-6-10/h2-8H,1H3. The molecule has 0 N–H and O–H groups in total. The molecule has 0 atom stereocenters. The number of halogens is 3. The summed E-state index contributed by atoms with van der Waals surface area (Å²) in [6, 6.07) is 11.5. The fraction of sp³-hybridized carbons (Fsp3) is 0.0588. The molecule has 3 rings (SSSR count). The third-order valence-electron chi connectivity index (χ3n) is 3.30. The predicted molar refractivity (Wildman–Crippen MR) is 103 cm³/mol. The first-order valence-electron chi connectivity index (χ1n) is 7.27. The Morgan fingerprint density at radius 2 is 1.69 bits per heavy atom. The Morgan fingerprint density at radius 3 is 2.35 bits per heavy atom. The Balaban J connectivity index is 2.21. The number of hydrogen-bond donors (Lipinski definition) is 0. The fourth-order valence-electron chi connectivity index (χ4n) is 2.06. The average Bonchev–Trinajstić information content (AvgIpc) is 3.03. The Labute approximate surface area is 167 Å². The first kappa shape index (κ1) is 18.8. The molecule has 132 valence electrons. The largest absolute Gasteiger partial charge is 0.292 e. The monoisotopic (exact) mass is 425 g/mol. The number of amides is 1. The Kier molecular flexibility index (Phi) is 5.58. The van der Waals surface area contributed by atoms with Crippen LogP contribution in [0.5, 0.6) is 0 Å². The van der Waals surface area contributed by atoms with Crippen molar-refractivity contribution in [3.05, 3.63) is 72.9 Å². The Morgan fingerprint density at radius 1 is 1.04 bits per heavy atom. The van der Waals surface area contributed by atoms with Crippen LogP contribution in [0.2, 0.25) is 15.1 Å². The van der Waals surface area contributed by atoms with Crippen molar-refractivity contribution in [2.24, 2.45) is 4.99 Å². The first-order valence-corrected chi connectivity index (χ1v) is 9.22. The molecule has 5 nitrogen and oxygen atoms in total. The summed E-state index contributed by atoms with van der Waals surface area (Å²) in [7, 11) is 0. The molecule has 0 saturated heterocycles. The van der Waals surface area contributed by atoms with E-state index in [0.29, 0.717) is 11.3 Å². The van der Waals surface area contributed by atoms with E-state index in [4.69, 9.17) is 34.8 Å². The number of aromatic nitrogens is 2. The van der Waals surface area contributed by atoms with Crippen LogP contribution in [-0.2, 0) is 0 Å². The third kappa shape index (κ3) is 3.88. The number of hydrogen-bond acceptors (Lipinski definition) is 4. The lowest BCUT2D eigenvalue weighted by atomic mass is 10.2. The van der Waals surface area contributed by atoms with Gasteiger partial charge in [-0.15, -0.1) is 0 Å². The van der Waals surface area contributed by atoms with E-state index >= 15 is 0 Å². The highest BCUT2D eigenvalue weighted by atomic mass is 35.5. The van der Waals surface area contributed by atoms with Crippen LogP contribution < -0.4 is 4.80 Å². The van der Waals surface area contributed by atoms with Gasteiger partial charge < -0.3 is 0 Å². The number of carbonyl (C=O) groups excluding carboxylic acids is 2. The second-order valence-electron chi connectivity index (χ2n) is 5.16. The smallest absolute Gasteiger partial charge is 0.279 e. The van der Waals surface area contributed by atoms with Crippen molar-refractivity contribution in [1.29, 1.82) is 0 Å². The summed E-state index contributed by atoms with van der Waals surface area (Å²) < 4.78 is 1.31. The number of Topliss-reactive ketones (excluding diaryl/α,β-unsaturated/α-hetero) is 1. The minimum absolute atomic E-state index is 0.187. The number of carbonyl (C=O) groups is 2. The maximum Gasteiger partial charge on any atom is 0.279 e. The van der Waals surface area contributed by atoms with Crippen molar-refractivity contribution in [2.75, 3.05) is 0 Å². The summed E-state index contributed by atoms with van der Waals surface area (Å²) in [6.45, 7) is 1.38. The molecule has 1 amide bonds. The molecule has 0 spiro atoms. The molecule has 9 heteroatoms. The van der Waals surface area contributed by atoms with Crippen LogP contribution in [0.4, 0.5) is 0 Å². The second-order valence-corrected chi connectivity index (χ2v) is 7.34. The normalized spacial score (nSPS) is 11.6. The predicted octanol–water partition coefficient (Wildman–Crippen LogP) is 4.84. The van der Waals surface area contributed by atoms with Gasteiger partial charge in [0.1, 0.15) is 0 Å². The molecule has 0 unspecified atom stereocenters. The van der Waals surface area contributed by atoms with E-state index in [1.807, 2.05) is 0 Å².